The maximum Gasteiger partial charge on any atom is 0.304 e. The molecule has 84 valence electrons. The van der Waals surface area contributed by atoms with Gasteiger partial charge in [0, 0.05) is 19.5 Å². The summed E-state index contributed by atoms with van der Waals surface area (Å²) in [5.41, 5.74) is 0. The Balaban J connectivity index is 2.35. The van der Waals surface area contributed by atoms with E-state index >= 15 is 0 Å². The monoisotopic (exact) mass is 205 g/mol. The van der Waals surface area contributed by atoms with Gasteiger partial charge in [0.15, 0.2) is 0 Å². The molecule has 14 heavy (non-hydrogen) atoms. The maximum atomic E-state index is 13.3. The van der Waals surface area contributed by atoms with Crippen LogP contribution in [0, 0.1) is 5.92 Å². The molecule has 1 aliphatic heterocycles. The Labute approximate surface area is 85.5 Å². The molecule has 0 spiro atoms. The molecule has 3 heteroatoms. The van der Waals surface area contributed by atoms with E-state index in [1.807, 2.05) is 0 Å². The highest BCUT2D eigenvalue weighted by atomic mass is 19.3. The molecule has 0 amide bonds. The first kappa shape index (κ1) is 11.9. The van der Waals surface area contributed by atoms with Gasteiger partial charge in [-0.05, 0) is 18.8 Å². The summed E-state index contributed by atoms with van der Waals surface area (Å²) in [4.78, 5) is 1.35. The molecular weight excluding hydrogens is 184 g/mol. The van der Waals surface area contributed by atoms with Gasteiger partial charge in [-0.1, -0.05) is 26.7 Å². The van der Waals surface area contributed by atoms with E-state index in [1.165, 1.54) is 17.7 Å². The average molecular weight is 205 g/mol. The molecule has 0 radical (unpaired) electrons. The zero-order valence-electron chi connectivity index (χ0n) is 9.23. The molecule has 0 saturated carbocycles. The van der Waals surface area contributed by atoms with E-state index in [1.54, 1.807) is 6.92 Å². The van der Waals surface area contributed by atoms with Gasteiger partial charge in [0.25, 0.3) is 0 Å². The van der Waals surface area contributed by atoms with Crippen molar-refractivity contribution in [1.82, 2.24) is 4.90 Å². The summed E-state index contributed by atoms with van der Waals surface area (Å²) in [5.74, 6) is 0.684. The molecule has 0 aromatic carbocycles. The largest absolute Gasteiger partial charge is 0.304 e. The average Bonchev–Trinajstić information content (AvgIpc) is 2.19. The van der Waals surface area contributed by atoms with Gasteiger partial charge in [0.2, 0.25) is 0 Å². The van der Waals surface area contributed by atoms with Crippen LogP contribution in [0.1, 0.15) is 46.0 Å². The molecule has 1 nitrogen and oxygen atoms in total. The zero-order valence-corrected chi connectivity index (χ0v) is 9.23. The molecule has 0 aromatic heterocycles. The number of halogens is 2. The summed E-state index contributed by atoms with van der Waals surface area (Å²) in [6.45, 7) is 4.86. The lowest BCUT2D eigenvalue weighted by Crippen LogP contribution is -2.45. The Bertz CT molecular complexity index is 163. The topological polar surface area (TPSA) is 3.24 Å². The summed E-state index contributed by atoms with van der Waals surface area (Å²) < 4.78 is 26.6. The van der Waals surface area contributed by atoms with Crippen LogP contribution in [0.5, 0.6) is 0 Å². The Morgan fingerprint density at radius 2 is 1.79 bits per heavy atom. The van der Waals surface area contributed by atoms with E-state index < -0.39 is 6.05 Å². The fourth-order valence-corrected chi connectivity index (χ4v) is 2.18. The first-order valence-corrected chi connectivity index (χ1v) is 5.73. The second-order valence-electron chi connectivity index (χ2n) is 4.24. The lowest BCUT2D eigenvalue weighted by molar-refractivity contribution is -0.158. The Morgan fingerprint density at radius 3 is 2.21 bits per heavy atom. The number of nitrogens with zero attached hydrogens (tertiary/aromatic N) is 1. The summed E-state index contributed by atoms with van der Waals surface area (Å²) in [6, 6.07) is -2.57. The van der Waals surface area contributed by atoms with Crippen molar-refractivity contribution in [1.29, 1.82) is 0 Å². The highest BCUT2D eigenvalue weighted by Crippen LogP contribution is 2.30. The first-order chi connectivity index (χ1) is 6.60. The van der Waals surface area contributed by atoms with E-state index in [-0.39, 0.29) is 6.42 Å². The molecule has 0 aliphatic carbocycles. The minimum atomic E-state index is -2.57. The van der Waals surface area contributed by atoms with Crippen molar-refractivity contribution in [2.45, 2.75) is 52.0 Å². The summed E-state index contributed by atoms with van der Waals surface area (Å²) in [7, 11) is 0. The molecule has 1 fully saturated rings. The minimum absolute atomic E-state index is 0.0640. The number of hydrogen-bond donors (Lipinski definition) is 0. The fourth-order valence-electron chi connectivity index (χ4n) is 2.18. The van der Waals surface area contributed by atoms with Crippen LogP contribution in [0.4, 0.5) is 8.78 Å². The van der Waals surface area contributed by atoms with E-state index in [2.05, 4.69) is 6.92 Å². The second kappa shape index (κ2) is 5.06. The Hall–Kier alpha value is -0.180. The van der Waals surface area contributed by atoms with Crippen LogP contribution < -0.4 is 0 Å². The van der Waals surface area contributed by atoms with Gasteiger partial charge in [-0.25, -0.2) is 4.90 Å². The number of piperidine rings is 1. The van der Waals surface area contributed by atoms with Crippen molar-refractivity contribution in [3.8, 4) is 0 Å². The van der Waals surface area contributed by atoms with Crippen molar-refractivity contribution in [3.05, 3.63) is 0 Å². The van der Waals surface area contributed by atoms with E-state index in [0.29, 0.717) is 19.0 Å². The van der Waals surface area contributed by atoms with Gasteiger partial charge in [0.05, 0.1) is 0 Å². The van der Waals surface area contributed by atoms with Crippen molar-refractivity contribution >= 4 is 0 Å². The zero-order chi connectivity index (χ0) is 10.6. The normalized spacial score (nSPS) is 21.4. The molecule has 0 aromatic rings. The highest BCUT2D eigenvalue weighted by Gasteiger charge is 2.36. The van der Waals surface area contributed by atoms with Crippen LogP contribution in [-0.4, -0.2) is 24.0 Å². The van der Waals surface area contributed by atoms with E-state index in [9.17, 15) is 8.78 Å². The van der Waals surface area contributed by atoms with E-state index in [0.717, 1.165) is 12.8 Å². The lowest BCUT2D eigenvalue weighted by atomic mass is 9.92. The molecule has 0 bridgehead atoms. The number of hydrogen-bond acceptors (Lipinski definition) is 1. The summed E-state index contributed by atoms with van der Waals surface area (Å²) >= 11 is 0. The van der Waals surface area contributed by atoms with Crippen LogP contribution in [0.15, 0.2) is 0 Å². The van der Waals surface area contributed by atoms with Crippen LogP contribution >= 0.6 is 0 Å². The summed E-state index contributed by atoms with van der Waals surface area (Å²) in [6.07, 6.45) is 4.21. The molecule has 1 aliphatic rings. The van der Waals surface area contributed by atoms with Crippen molar-refractivity contribution in [3.63, 3.8) is 0 Å². The van der Waals surface area contributed by atoms with Gasteiger partial charge in [-0.15, -0.1) is 0 Å². The smallest absolute Gasteiger partial charge is 0.245 e. The molecule has 0 N–H and O–H groups in total. The summed E-state index contributed by atoms with van der Waals surface area (Å²) in [5, 5.41) is 0. The van der Waals surface area contributed by atoms with Crippen molar-refractivity contribution < 1.29 is 8.78 Å². The molecular formula is C11H21F2N. The minimum Gasteiger partial charge on any atom is -0.245 e. The lowest BCUT2D eigenvalue weighted by Gasteiger charge is -2.36. The van der Waals surface area contributed by atoms with Crippen LogP contribution in [-0.2, 0) is 0 Å². The van der Waals surface area contributed by atoms with Crippen molar-refractivity contribution in [2.75, 3.05) is 13.1 Å². The van der Waals surface area contributed by atoms with Gasteiger partial charge in [0.1, 0.15) is 0 Å². The van der Waals surface area contributed by atoms with Gasteiger partial charge < -0.3 is 0 Å². The third-order valence-corrected chi connectivity index (χ3v) is 3.20. The predicted octanol–water partition coefficient (Wildman–Crippen LogP) is 3.50. The van der Waals surface area contributed by atoms with Crippen LogP contribution in [0.25, 0.3) is 0 Å². The predicted molar refractivity (Wildman–Crippen MR) is 54.4 cm³/mol. The SMILES string of the molecule is CCCC1CCN(C(F)(F)CC)CC1. The highest BCUT2D eigenvalue weighted by molar-refractivity contribution is 4.76. The van der Waals surface area contributed by atoms with Gasteiger partial charge >= 0.3 is 6.05 Å². The number of alkyl halides is 2. The number of likely N-dealkylation sites (tertiary alicyclic amines) is 1. The second-order valence-corrected chi connectivity index (χ2v) is 4.24. The van der Waals surface area contributed by atoms with Gasteiger partial charge in [-0.3, -0.25) is 0 Å². The maximum absolute atomic E-state index is 13.3. The van der Waals surface area contributed by atoms with Crippen LogP contribution in [0.3, 0.4) is 0 Å². The third-order valence-electron chi connectivity index (χ3n) is 3.20. The Kier molecular flexibility index (Phi) is 4.30. The molecule has 1 saturated heterocycles. The molecule has 1 rings (SSSR count). The molecule has 0 atom stereocenters. The standard InChI is InChI=1S/C11H21F2N/c1-3-5-10-6-8-14(9-7-10)11(12,13)4-2/h10H,3-9H2,1-2H3. The third kappa shape index (κ3) is 2.91. The van der Waals surface area contributed by atoms with Gasteiger partial charge in [-0.2, -0.15) is 8.78 Å². The fraction of sp³-hybridized carbons (Fsp3) is 1.00. The van der Waals surface area contributed by atoms with Crippen LogP contribution in [0.2, 0.25) is 0 Å². The van der Waals surface area contributed by atoms with E-state index in [4.69, 9.17) is 0 Å². The molecule has 1 heterocycles. The quantitative estimate of drug-likeness (QED) is 0.635. The van der Waals surface area contributed by atoms with Crippen molar-refractivity contribution in [2.24, 2.45) is 5.92 Å². The number of rotatable bonds is 4. The Morgan fingerprint density at radius 1 is 1.21 bits per heavy atom. The first-order valence-electron chi connectivity index (χ1n) is 5.73. The molecule has 0 unspecified atom stereocenters.